The molecular weight excluding hydrogens is 410 g/mol. The molecule has 4 aromatic rings. The third kappa shape index (κ3) is 4.86. The van der Waals surface area contributed by atoms with E-state index < -0.39 is 0 Å². The fraction of sp³-hybridized carbons (Fsp3) is 0.222. The number of aromatic nitrogens is 3. The van der Waals surface area contributed by atoms with E-state index in [1.165, 1.54) is 11.1 Å². The Kier molecular flexibility index (Phi) is 6.26. The quantitative estimate of drug-likeness (QED) is 0.477. The number of benzene rings is 2. The lowest BCUT2D eigenvalue weighted by Gasteiger charge is -2.36. The van der Waals surface area contributed by atoms with Crippen LogP contribution in [0.15, 0.2) is 91.4 Å². The molecule has 1 aliphatic rings. The maximum absolute atomic E-state index is 12.9. The van der Waals surface area contributed by atoms with Gasteiger partial charge in [-0.25, -0.2) is 4.98 Å². The summed E-state index contributed by atoms with van der Waals surface area (Å²) in [5, 5.41) is 3.01. The van der Waals surface area contributed by atoms with Crippen molar-refractivity contribution in [3.05, 3.63) is 120 Å². The lowest BCUT2D eigenvalue weighted by Crippen LogP contribution is -2.38. The first kappa shape index (κ1) is 21.1. The predicted molar refractivity (Wildman–Crippen MR) is 128 cm³/mol. The first-order valence-electron chi connectivity index (χ1n) is 11.3. The summed E-state index contributed by atoms with van der Waals surface area (Å²) < 4.78 is 2.13. The number of fused-ring (bicyclic) bond motifs is 1. The van der Waals surface area contributed by atoms with Gasteiger partial charge < -0.3 is 9.88 Å². The van der Waals surface area contributed by atoms with Crippen molar-refractivity contribution < 1.29 is 4.79 Å². The van der Waals surface area contributed by atoms with Crippen LogP contribution in [-0.2, 0) is 19.5 Å². The topological polar surface area (TPSA) is 63.1 Å². The standard InChI is InChI=1S/C27H27N5O/c33-27(29-15-13-21-10-7-14-28-18-21)24-20-32-17-16-31(19-22-8-3-1-4-9-22)25(26(32)30-24)23-11-5-2-6-12-23/h1-12,14,18,20,25H,13,15-17,19H2,(H,29,33). The molecule has 166 valence electrons. The van der Waals surface area contributed by atoms with Crippen LogP contribution in [-0.4, -0.2) is 38.4 Å². The molecule has 6 heteroatoms. The summed E-state index contributed by atoms with van der Waals surface area (Å²) in [7, 11) is 0. The van der Waals surface area contributed by atoms with Gasteiger partial charge in [-0.1, -0.05) is 66.7 Å². The van der Waals surface area contributed by atoms with Crippen LogP contribution in [0.3, 0.4) is 0 Å². The number of carbonyl (C=O) groups is 1. The Bertz CT molecular complexity index is 1190. The molecule has 0 spiro atoms. The van der Waals surface area contributed by atoms with Crippen LogP contribution in [0.25, 0.3) is 0 Å². The van der Waals surface area contributed by atoms with Crippen molar-refractivity contribution in [2.75, 3.05) is 13.1 Å². The summed E-state index contributed by atoms with van der Waals surface area (Å²) in [6.07, 6.45) is 6.21. The van der Waals surface area contributed by atoms with Gasteiger partial charge >= 0.3 is 0 Å². The highest BCUT2D eigenvalue weighted by atomic mass is 16.1. The van der Waals surface area contributed by atoms with Gasteiger partial charge in [0, 0.05) is 44.8 Å². The molecule has 0 saturated carbocycles. The Balaban J connectivity index is 1.36. The van der Waals surface area contributed by atoms with E-state index in [0.717, 1.165) is 37.4 Å². The van der Waals surface area contributed by atoms with Crippen LogP contribution in [0, 0.1) is 0 Å². The first-order valence-corrected chi connectivity index (χ1v) is 11.3. The number of hydrogen-bond acceptors (Lipinski definition) is 4. The summed E-state index contributed by atoms with van der Waals surface area (Å²) in [4.78, 5) is 24.2. The number of nitrogens with one attached hydrogen (secondary N) is 1. The number of carbonyl (C=O) groups excluding carboxylic acids is 1. The van der Waals surface area contributed by atoms with Gasteiger partial charge in [-0.05, 0) is 29.2 Å². The van der Waals surface area contributed by atoms with Crippen LogP contribution in [0.4, 0.5) is 0 Å². The summed E-state index contributed by atoms with van der Waals surface area (Å²) in [5.41, 5.74) is 4.02. The minimum absolute atomic E-state index is 0.00269. The van der Waals surface area contributed by atoms with E-state index >= 15 is 0 Å². The largest absolute Gasteiger partial charge is 0.350 e. The third-order valence-electron chi connectivity index (χ3n) is 6.04. The number of imidazole rings is 1. The molecular formula is C27H27N5O. The van der Waals surface area contributed by atoms with Crippen LogP contribution in [0.1, 0.15) is 39.0 Å². The predicted octanol–water partition coefficient (Wildman–Crippen LogP) is 3.86. The van der Waals surface area contributed by atoms with E-state index in [0.29, 0.717) is 12.2 Å². The molecule has 6 nitrogen and oxygen atoms in total. The second-order valence-electron chi connectivity index (χ2n) is 8.31. The van der Waals surface area contributed by atoms with E-state index in [4.69, 9.17) is 4.98 Å². The van der Waals surface area contributed by atoms with Gasteiger partial charge in [0.25, 0.3) is 5.91 Å². The summed E-state index contributed by atoms with van der Waals surface area (Å²) in [6.45, 7) is 3.08. The van der Waals surface area contributed by atoms with Crippen LogP contribution in [0.5, 0.6) is 0 Å². The van der Waals surface area contributed by atoms with Crippen molar-refractivity contribution in [1.82, 2.24) is 24.8 Å². The zero-order valence-electron chi connectivity index (χ0n) is 18.5. The van der Waals surface area contributed by atoms with Gasteiger partial charge in [0.2, 0.25) is 0 Å². The van der Waals surface area contributed by atoms with Gasteiger partial charge in [-0.15, -0.1) is 0 Å². The van der Waals surface area contributed by atoms with E-state index in [-0.39, 0.29) is 11.9 Å². The normalized spacial score (nSPS) is 15.7. The molecule has 1 N–H and O–H groups in total. The zero-order valence-corrected chi connectivity index (χ0v) is 18.5. The lowest BCUT2D eigenvalue weighted by molar-refractivity contribution is 0.0949. The van der Waals surface area contributed by atoms with Gasteiger partial charge in [0.1, 0.15) is 11.5 Å². The smallest absolute Gasteiger partial charge is 0.271 e. The fourth-order valence-corrected chi connectivity index (χ4v) is 4.41. The van der Waals surface area contributed by atoms with Crippen LogP contribution < -0.4 is 5.32 Å². The number of pyridine rings is 1. The highest BCUT2D eigenvalue weighted by Crippen LogP contribution is 2.32. The number of amides is 1. The molecule has 1 amide bonds. The Labute approximate surface area is 193 Å². The zero-order chi connectivity index (χ0) is 22.5. The van der Waals surface area contributed by atoms with E-state index in [1.54, 1.807) is 6.20 Å². The van der Waals surface area contributed by atoms with E-state index in [9.17, 15) is 4.79 Å². The van der Waals surface area contributed by atoms with Crippen molar-refractivity contribution in [2.24, 2.45) is 0 Å². The molecule has 0 aliphatic carbocycles. The van der Waals surface area contributed by atoms with E-state index in [1.807, 2.05) is 36.7 Å². The fourth-order valence-electron chi connectivity index (χ4n) is 4.41. The van der Waals surface area contributed by atoms with Crippen molar-refractivity contribution in [3.63, 3.8) is 0 Å². The molecule has 0 saturated heterocycles. The van der Waals surface area contributed by atoms with Crippen LogP contribution in [0.2, 0.25) is 0 Å². The molecule has 0 bridgehead atoms. The molecule has 0 radical (unpaired) electrons. The monoisotopic (exact) mass is 437 g/mol. The molecule has 5 rings (SSSR count). The van der Waals surface area contributed by atoms with Gasteiger partial charge in [-0.2, -0.15) is 0 Å². The molecule has 1 aliphatic heterocycles. The number of hydrogen-bond donors (Lipinski definition) is 1. The maximum Gasteiger partial charge on any atom is 0.271 e. The average Bonchev–Trinajstić information content (AvgIpc) is 3.30. The number of rotatable bonds is 7. The minimum Gasteiger partial charge on any atom is -0.350 e. The average molecular weight is 438 g/mol. The summed E-state index contributed by atoms with van der Waals surface area (Å²) in [5.74, 6) is 0.781. The molecule has 1 unspecified atom stereocenters. The highest BCUT2D eigenvalue weighted by Gasteiger charge is 2.32. The lowest BCUT2D eigenvalue weighted by atomic mass is 10.0. The van der Waals surface area contributed by atoms with Crippen molar-refractivity contribution in [3.8, 4) is 0 Å². The van der Waals surface area contributed by atoms with Crippen molar-refractivity contribution in [2.45, 2.75) is 25.6 Å². The Hall–Kier alpha value is -3.77. The second kappa shape index (κ2) is 9.79. The van der Waals surface area contributed by atoms with Gasteiger partial charge in [-0.3, -0.25) is 14.7 Å². The Morgan fingerprint density at radius 1 is 0.939 bits per heavy atom. The van der Waals surface area contributed by atoms with Gasteiger partial charge in [0.15, 0.2) is 0 Å². The highest BCUT2D eigenvalue weighted by molar-refractivity contribution is 5.92. The van der Waals surface area contributed by atoms with Crippen molar-refractivity contribution >= 4 is 5.91 Å². The van der Waals surface area contributed by atoms with Crippen LogP contribution >= 0.6 is 0 Å². The first-order chi connectivity index (χ1) is 16.3. The summed E-state index contributed by atoms with van der Waals surface area (Å²) >= 11 is 0. The Morgan fingerprint density at radius 3 is 2.45 bits per heavy atom. The van der Waals surface area contributed by atoms with E-state index in [2.05, 4.69) is 68.3 Å². The maximum atomic E-state index is 12.9. The molecule has 2 aromatic carbocycles. The Morgan fingerprint density at radius 2 is 1.70 bits per heavy atom. The summed E-state index contributed by atoms with van der Waals surface area (Å²) in [6, 6.07) is 24.9. The molecule has 33 heavy (non-hydrogen) atoms. The molecule has 1 atom stereocenters. The minimum atomic E-state index is -0.137. The third-order valence-corrected chi connectivity index (χ3v) is 6.04. The number of nitrogens with zero attached hydrogens (tertiary/aromatic N) is 4. The molecule has 3 heterocycles. The SMILES string of the molecule is O=C(NCCc1cccnc1)c1cn2c(n1)C(c1ccccc1)N(Cc1ccccc1)CC2. The molecule has 2 aromatic heterocycles. The second-order valence-corrected chi connectivity index (χ2v) is 8.31. The van der Waals surface area contributed by atoms with Crippen molar-refractivity contribution in [1.29, 1.82) is 0 Å². The molecule has 0 fully saturated rings. The van der Waals surface area contributed by atoms with Gasteiger partial charge in [0.05, 0.1) is 6.04 Å².